The van der Waals surface area contributed by atoms with Crippen LogP contribution in [0.3, 0.4) is 0 Å². The lowest BCUT2D eigenvalue weighted by molar-refractivity contribution is -0.139. The number of hydrogen-bond acceptors (Lipinski definition) is 14. The van der Waals surface area contributed by atoms with Gasteiger partial charge in [0.05, 0.1) is 19.5 Å². The predicted octanol–water partition coefficient (Wildman–Crippen LogP) is -5.00. The van der Waals surface area contributed by atoms with Crippen molar-refractivity contribution in [1.82, 2.24) is 42.1 Å². The maximum Gasteiger partial charge on any atom is 0.246 e. The molecule has 0 radical (unpaired) electrons. The summed E-state index contributed by atoms with van der Waals surface area (Å²) in [6.07, 6.45) is -0.208. The van der Waals surface area contributed by atoms with Crippen LogP contribution in [-0.4, -0.2) is 150 Å². The summed E-state index contributed by atoms with van der Waals surface area (Å²) in [6, 6.07) is 0.161. The van der Waals surface area contributed by atoms with E-state index in [1.807, 2.05) is 24.3 Å². The molecule has 0 heterocycles. The second kappa shape index (κ2) is 29.4. The van der Waals surface area contributed by atoms with E-state index in [1.165, 1.54) is 7.05 Å². The minimum atomic E-state index is -1.76. The van der Waals surface area contributed by atoms with E-state index in [9.17, 15) is 52.7 Å². The fraction of sp³-hybridized carbons (Fsp3) is 0.581. The van der Waals surface area contributed by atoms with Crippen molar-refractivity contribution in [3.63, 3.8) is 0 Å². The van der Waals surface area contributed by atoms with Crippen LogP contribution in [0.5, 0.6) is 0 Å². The second-order valence-corrected chi connectivity index (χ2v) is 17.7. The maximum absolute atomic E-state index is 14.3. The van der Waals surface area contributed by atoms with Crippen molar-refractivity contribution < 1.29 is 52.7 Å². The highest BCUT2D eigenvalue weighted by atomic mass is 32.1. The molecule has 0 spiro atoms. The Labute approximate surface area is 416 Å². The van der Waals surface area contributed by atoms with Gasteiger partial charge in [-0.1, -0.05) is 44.5 Å². The zero-order chi connectivity index (χ0) is 52.7. The topological polar surface area (TPSA) is 418 Å². The molecule has 0 fully saturated rings. The number of nitrogens with two attached hydrogens (primary N) is 5. The summed E-state index contributed by atoms with van der Waals surface area (Å²) in [4.78, 5) is 149. The molecule has 2 rings (SSSR count). The van der Waals surface area contributed by atoms with Gasteiger partial charge in [-0.15, -0.1) is 0 Å². The lowest BCUT2D eigenvalue weighted by Crippen LogP contribution is -2.65. The maximum atomic E-state index is 14.3. The highest BCUT2D eigenvalue weighted by molar-refractivity contribution is 7.80. The molecule has 0 unspecified atom stereocenters. The average molecular weight is 1020 g/mol. The Hall–Kier alpha value is -6.64. The fourth-order valence-corrected chi connectivity index (χ4v) is 7.78. The largest absolute Gasteiger partial charge is 0.370 e. The fourth-order valence-electron chi connectivity index (χ4n) is 7.33. The van der Waals surface area contributed by atoms with E-state index >= 15 is 0 Å². The third-order valence-corrected chi connectivity index (χ3v) is 11.9. The van der Waals surface area contributed by atoms with Crippen LogP contribution >= 0.6 is 25.3 Å². The Morgan fingerprint density at radius 1 is 0.729 bits per heavy atom. The molecule has 0 aliphatic heterocycles. The first-order chi connectivity index (χ1) is 33.0. The predicted molar refractivity (Wildman–Crippen MR) is 263 cm³/mol. The highest BCUT2D eigenvalue weighted by Gasteiger charge is 2.45. The molecule has 1 aromatic rings. The number of thiol groups is 2. The molecular weight excluding hydrogens is 953 g/mol. The molecule has 0 saturated carbocycles. The summed E-state index contributed by atoms with van der Waals surface area (Å²) in [5, 5.41) is 17.7. The van der Waals surface area contributed by atoms with Gasteiger partial charge in [-0.2, -0.15) is 25.3 Å². The highest BCUT2D eigenvalue weighted by Crippen LogP contribution is 2.30. The molecule has 27 heteroatoms. The van der Waals surface area contributed by atoms with Crippen molar-refractivity contribution >= 4 is 96.2 Å². The molecule has 17 N–H and O–H groups in total. The number of guanidine groups is 1. The minimum absolute atomic E-state index is 0.0176. The number of aryl methyl sites for hydroxylation is 1. The monoisotopic (exact) mass is 1020 g/mol. The third kappa shape index (κ3) is 19.8. The van der Waals surface area contributed by atoms with Crippen molar-refractivity contribution in [3.8, 4) is 0 Å². The quantitative estimate of drug-likeness (QED) is 0.0149. The normalized spacial score (nSPS) is 16.4. The van der Waals surface area contributed by atoms with Crippen LogP contribution < -0.4 is 65.9 Å². The summed E-state index contributed by atoms with van der Waals surface area (Å²) in [5.41, 5.74) is 27.0. The number of primary amides is 3. The Morgan fingerprint density at radius 2 is 1.34 bits per heavy atom. The molecule has 1 aromatic carbocycles. The summed E-state index contributed by atoms with van der Waals surface area (Å²) in [7, 11) is 1.21. The van der Waals surface area contributed by atoms with E-state index in [0.29, 0.717) is 12.8 Å². The van der Waals surface area contributed by atoms with Gasteiger partial charge in [0, 0.05) is 38.6 Å². The third-order valence-electron chi connectivity index (χ3n) is 11.3. The molecule has 0 saturated heterocycles. The number of fused-ring (bicyclic) bond motifs is 1. The van der Waals surface area contributed by atoms with Crippen LogP contribution in [0.15, 0.2) is 29.3 Å². The van der Waals surface area contributed by atoms with Crippen LogP contribution in [0.2, 0.25) is 0 Å². The molecule has 0 aromatic heterocycles. The van der Waals surface area contributed by atoms with Gasteiger partial charge in [-0.3, -0.25) is 57.7 Å². The number of rotatable bonds is 30. The van der Waals surface area contributed by atoms with Crippen LogP contribution in [0.4, 0.5) is 0 Å². The molecule has 70 heavy (non-hydrogen) atoms. The Kier molecular flexibility index (Phi) is 25.0. The average Bonchev–Trinajstić information content (AvgIpc) is 3.29. The number of nitrogens with one attached hydrogen (secondary N) is 7. The van der Waals surface area contributed by atoms with E-state index in [0.717, 1.165) is 16.0 Å². The number of aliphatic imine (C=N–C) groups is 1. The molecule has 388 valence electrons. The van der Waals surface area contributed by atoms with Gasteiger partial charge in [-0.05, 0) is 54.9 Å². The van der Waals surface area contributed by atoms with E-state index in [-0.39, 0.29) is 56.1 Å². The number of amides is 11. The first-order valence-corrected chi connectivity index (χ1v) is 23.8. The number of benzene rings is 1. The second-order valence-electron chi connectivity index (χ2n) is 16.9. The number of carbonyl (C=O) groups excluding carboxylic acids is 11. The summed E-state index contributed by atoms with van der Waals surface area (Å²) in [6.45, 7) is 2.40. The van der Waals surface area contributed by atoms with Gasteiger partial charge in [0.2, 0.25) is 65.0 Å². The number of likely N-dealkylation sites (N-methyl/N-ethyl adjacent to an activating group) is 1. The van der Waals surface area contributed by atoms with Gasteiger partial charge in [0.15, 0.2) is 5.96 Å². The molecule has 7 atom stereocenters. The molecule has 1 aliphatic carbocycles. The van der Waals surface area contributed by atoms with Crippen LogP contribution in [0.25, 0.3) is 0 Å². The summed E-state index contributed by atoms with van der Waals surface area (Å²) >= 11 is 8.31. The number of hydrogen-bond donors (Lipinski definition) is 14. The van der Waals surface area contributed by atoms with E-state index in [2.05, 4.69) is 67.5 Å². The van der Waals surface area contributed by atoms with Gasteiger partial charge >= 0.3 is 0 Å². The van der Waals surface area contributed by atoms with Gasteiger partial charge in [-0.25, -0.2) is 0 Å². The Morgan fingerprint density at radius 3 is 1.93 bits per heavy atom. The molecule has 0 bridgehead atoms. The molecule has 11 amide bonds. The van der Waals surface area contributed by atoms with Crippen molar-refractivity contribution in [2.24, 2.45) is 39.6 Å². The minimum Gasteiger partial charge on any atom is -0.370 e. The van der Waals surface area contributed by atoms with Crippen molar-refractivity contribution in [2.45, 2.75) is 114 Å². The van der Waals surface area contributed by atoms with Crippen molar-refractivity contribution in [3.05, 3.63) is 35.4 Å². The molecular formula is C43H68N14O11S2. The van der Waals surface area contributed by atoms with Crippen molar-refractivity contribution in [2.75, 3.05) is 38.2 Å². The first kappa shape index (κ1) is 59.5. The van der Waals surface area contributed by atoms with Crippen molar-refractivity contribution in [1.29, 1.82) is 0 Å². The Bertz CT molecular complexity index is 2110. The van der Waals surface area contributed by atoms with E-state index in [4.69, 9.17) is 28.7 Å². The SMILES string of the molecule is CC[C@H](C)[C@H](NC(=O)[C@]1(NC(=O)CCS)CCc2ccccc2C1)C(=O)N[C@@H](CCC(N)=O)C(=O)N[C@@H](CC(N)=O)C(=O)N[C@@H](CS)C(=O)N(C)CC(=O)N[C@@H](CCCN=C(N)N)C(=O)NCC(N)=O. The Balaban J connectivity index is 2.30. The summed E-state index contributed by atoms with van der Waals surface area (Å²) in [5.74, 6) is -10.2. The summed E-state index contributed by atoms with van der Waals surface area (Å²) < 4.78 is 0. The van der Waals surface area contributed by atoms with Gasteiger partial charge in [0.1, 0.15) is 35.7 Å². The zero-order valence-electron chi connectivity index (χ0n) is 39.5. The number of carbonyl (C=O) groups is 11. The zero-order valence-corrected chi connectivity index (χ0v) is 41.3. The van der Waals surface area contributed by atoms with E-state index in [1.54, 1.807) is 13.8 Å². The molecule has 1 aliphatic rings. The lowest BCUT2D eigenvalue weighted by Gasteiger charge is -2.39. The standard InChI is InChI=1S/C43H68N14O11S2/c1-4-23(2)35(55-41(68)43(56-33(61)14-17-69)15-13-24-8-5-6-9-25(24)19-43)39(66)52-27(11-12-30(44)58)37(64)53-28(18-31(45)59)38(65)54-29(22-70)40(67)57(3)21-34(62)51-26(10-7-16-49-42(47)48)36(63)50-20-32(46)60/h5-6,8-9,23,26-29,35,69-70H,4,7,10-22H2,1-3H3,(H2,44,58)(H2,45,59)(H2,46,60)(H,50,63)(H,51,62)(H,52,66)(H,53,64)(H,54,65)(H,55,68)(H,56,61)(H4,47,48,49)/t23-,26-,27-,28-,29-,35-,43-/m0/s1. The van der Waals surface area contributed by atoms with Gasteiger partial charge < -0.3 is 70.8 Å². The van der Waals surface area contributed by atoms with Gasteiger partial charge in [0.25, 0.3) is 0 Å². The van der Waals surface area contributed by atoms with Crippen LogP contribution in [-0.2, 0) is 65.6 Å². The van der Waals surface area contributed by atoms with Crippen LogP contribution in [0.1, 0.15) is 76.3 Å². The lowest BCUT2D eigenvalue weighted by atomic mass is 9.76. The molecule has 25 nitrogen and oxygen atoms in total. The van der Waals surface area contributed by atoms with Crippen LogP contribution in [0, 0.1) is 5.92 Å². The smallest absolute Gasteiger partial charge is 0.246 e. The van der Waals surface area contributed by atoms with E-state index < -0.39 is 139 Å². The first-order valence-electron chi connectivity index (χ1n) is 22.5. The number of nitrogens with zero attached hydrogens (tertiary/aromatic N) is 2.